The number of rotatable bonds is 5. The molecule has 1 fully saturated rings. The Morgan fingerprint density at radius 3 is 2.29 bits per heavy atom. The first-order chi connectivity index (χ1) is 14.9. The minimum Gasteiger partial charge on any atom is -0.304 e. The molecule has 1 saturated heterocycles. The van der Waals surface area contributed by atoms with Gasteiger partial charge in [-0.15, -0.1) is 0 Å². The zero-order valence-corrected chi connectivity index (χ0v) is 18.6. The first-order valence-electron chi connectivity index (χ1n) is 10.0. The van der Waals surface area contributed by atoms with Gasteiger partial charge in [-0.25, -0.2) is 4.39 Å². The topological polar surface area (TPSA) is 47.6 Å². The third-order valence-corrected chi connectivity index (χ3v) is 5.98. The number of nitrogens with one attached hydrogen (secondary N) is 2. The van der Waals surface area contributed by atoms with Crippen LogP contribution >= 0.6 is 23.2 Å². The smallest absolute Gasteiger partial charge is 0.260 e. The fourth-order valence-electron chi connectivity index (χ4n) is 3.94. The molecule has 1 aliphatic rings. The molecule has 4 rings (SSSR count). The molecule has 3 aromatic carbocycles. The second-order valence-corrected chi connectivity index (χ2v) is 8.57. The molecule has 0 saturated carbocycles. The van der Waals surface area contributed by atoms with Crippen molar-refractivity contribution in [1.29, 1.82) is 0 Å². The first-order valence-corrected chi connectivity index (χ1v) is 10.8. The Hall–Kier alpha value is -2.38. The highest BCUT2D eigenvalue weighted by molar-refractivity contribution is 6.35. The van der Waals surface area contributed by atoms with Crippen molar-refractivity contribution < 1.29 is 9.18 Å². The molecular formula is C23H23Cl2FN4O. The van der Waals surface area contributed by atoms with Gasteiger partial charge in [0.05, 0.1) is 5.69 Å². The van der Waals surface area contributed by atoms with Crippen LogP contribution in [0.1, 0.15) is 11.6 Å². The molecule has 1 atom stereocenters. The van der Waals surface area contributed by atoms with Crippen LogP contribution in [0.4, 0.5) is 10.1 Å². The molecule has 0 aromatic heterocycles. The minimum atomic E-state index is -0.582. The number of fused-ring (bicyclic) bond motifs is 1. The van der Waals surface area contributed by atoms with E-state index < -0.39 is 6.04 Å². The molecule has 1 unspecified atom stereocenters. The number of nitrogens with zero attached hydrogens (tertiary/aromatic N) is 2. The maximum atomic E-state index is 14.4. The van der Waals surface area contributed by atoms with Gasteiger partial charge in [0.1, 0.15) is 11.9 Å². The lowest BCUT2D eigenvalue weighted by molar-refractivity contribution is -0.126. The Kier molecular flexibility index (Phi) is 6.62. The predicted molar refractivity (Wildman–Crippen MR) is 124 cm³/mol. The van der Waals surface area contributed by atoms with Gasteiger partial charge in [0.25, 0.3) is 5.91 Å². The van der Waals surface area contributed by atoms with E-state index in [1.165, 1.54) is 6.07 Å². The number of anilines is 1. The predicted octanol–water partition coefficient (Wildman–Crippen LogP) is 4.72. The monoisotopic (exact) mass is 460 g/mol. The molecule has 0 aliphatic carbocycles. The average Bonchev–Trinajstić information content (AvgIpc) is 2.75. The van der Waals surface area contributed by atoms with Crippen molar-refractivity contribution in [2.75, 3.05) is 38.7 Å². The molecule has 0 bridgehead atoms. The molecule has 2 N–H and O–H groups in total. The molecule has 31 heavy (non-hydrogen) atoms. The Morgan fingerprint density at radius 1 is 0.968 bits per heavy atom. The number of hydrazine groups is 1. The maximum Gasteiger partial charge on any atom is 0.260 e. The third-order valence-electron chi connectivity index (χ3n) is 5.54. The van der Waals surface area contributed by atoms with Crippen LogP contribution in [-0.2, 0) is 4.79 Å². The van der Waals surface area contributed by atoms with Crippen LogP contribution in [0, 0.1) is 5.82 Å². The van der Waals surface area contributed by atoms with Crippen LogP contribution in [0.2, 0.25) is 10.0 Å². The Morgan fingerprint density at radius 2 is 1.61 bits per heavy atom. The zero-order valence-electron chi connectivity index (χ0n) is 17.0. The van der Waals surface area contributed by atoms with Gasteiger partial charge in [-0.05, 0) is 42.3 Å². The molecule has 0 radical (unpaired) electrons. The van der Waals surface area contributed by atoms with Gasteiger partial charge in [0.15, 0.2) is 0 Å². The van der Waals surface area contributed by atoms with E-state index in [2.05, 4.69) is 27.7 Å². The number of hydrogen-bond acceptors (Lipinski definition) is 4. The summed E-state index contributed by atoms with van der Waals surface area (Å²) in [5, 5.41) is 2.16. The number of hydrogen-bond donors (Lipinski definition) is 2. The number of likely N-dealkylation sites (N-methyl/N-ethyl adjacent to an activating group) is 1. The summed E-state index contributed by atoms with van der Waals surface area (Å²) < 4.78 is 14.4. The van der Waals surface area contributed by atoms with Gasteiger partial charge in [-0.2, -0.15) is 0 Å². The third kappa shape index (κ3) is 4.93. The number of benzene rings is 3. The van der Waals surface area contributed by atoms with Crippen molar-refractivity contribution in [1.82, 2.24) is 15.2 Å². The van der Waals surface area contributed by atoms with E-state index in [0.29, 0.717) is 21.1 Å². The lowest BCUT2D eigenvalue weighted by Gasteiger charge is -2.37. The van der Waals surface area contributed by atoms with Gasteiger partial charge in [-0.1, -0.05) is 53.5 Å². The molecule has 162 valence electrons. The number of halogens is 3. The van der Waals surface area contributed by atoms with Gasteiger partial charge in [-0.3, -0.25) is 20.5 Å². The van der Waals surface area contributed by atoms with Crippen molar-refractivity contribution in [3.63, 3.8) is 0 Å². The zero-order chi connectivity index (χ0) is 22.0. The van der Waals surface area contributed by atoms with E-state index in [9.17, 15) is 9.18 Å². The van der Waals surface area contributed by atoms with Crippen LogP contribution in [0.15, 0.2) is 54.6 Å². The highest BCUT2D eigenvalue weighted by Crippen LogP contribution is 2.31. The number of carbonyl (C=O) groups excluding carboxylic acids is 1. The number of amides is 1. The second-order valence-electron chi connectivity index (χ2n) is 7.70. The second kappa shape index (κ2) is 9.40. The first kappa shape index (κ1) is 21.8. The molecule has 5 nitrogen and oxygen atoms in total. The lowest BCUT2D eigenvalue weighted by atomic mass is 9.96. The van der Waals surface area contributed by atoms with E-state index in [-0.39, 0.29) is 11.7 Å². The summed E-state index contributed by atoms with van der Waals surface area (Å²) >= 11 is 12.1. The number of piperazine rings is 1. The highest BCUT2D eigenvalue weighted by atomic mass is 35.5. The van der Waals surface area contributed by atoms with E-state index in [0.717, 1.165) is 37.1 Å². The summed E-state index contributed by atoms with van der Waals surface area (Å²) in [6.45, 7) is 3.15. The van der Waals surface area contributed by atoms with E-state index in [1.807, 2.05) is 12.1 Å². The van der Waals surface area contributed by atoms with Crippen molar-refractivity contribution in [3.8, 4) is 0 Å². The fraction of sp³-hybridized carbons (Fsp3) is 0.261. The Balaban J connectivity index is 1.66. The molecule has 1 heterocycles. The van der Waals surface area contributed by atoms with E-state index >= 15 is 0 Å². The average molecular weight is 461 g/mol. The fourth-order valence-corrected chi connectivity index (χ4v) is 4.46. The van der Waals surface area contributed by atoms with E-state index in [1.54, 1.807) is 36.4 Å². The van der Waals surface area contributed by atoms with Crippen molar-refractivity contribution in [3.05, 3.63) is 76.0 Å². The summed E-state index contributed by atoms with van der Waals surface area (Å²) in [5.74, 6) is -0.541. The van der Waals surface area contributed by atoms with Crippen molar-refractivity contribution in [2.24, 2.45) is 0 Å². The molecule has 3 aromatic rings. The number of carbonyl (C=O) groups is 1. The van der Waals surface area contributed by atoms with Crippen LogP contribution in [0.5, 0.6) is 0 Å². The van der Waals surface area contributed by atoms with Crippen LogP contribution in [0.25, 0.3) is 10.8 Å². The van der Waals surface area contributed by atoms with Gasteiger partial charge in [0, 0.05) is 41.6 Å². The highest BCUT2D eigenvalue weighted by Gasteiger charge is 2.31. The summed E-state index contributed by atoms with van der Waals surface area (Å²) in [6, 6.07) is 14.8. The standard InChI is InChI=1S/C23H23Cl2FN4O/c1-29-8-10-30(11-9-29)22(20-6-7-21(26)19-5-3-2-4-18(19)20)23(31)28-27-17-13-15(24)12-16(25)14-17/h2-7,12-14,22,27H,8-11H2,1H3,(H,28,31). The normalized spacial score (nSPS) is 16.3. The van der Waals surface area contributed by atoms with Crippen molar-refractivity contribution in [2.45, 2.75) is 6.04 Å². The van der Waals surface area contributed by atoms with Crippen LogP contribution in [-0.4, -0.2) is 48.9 Å². The van der Waals surface area contributed by atoms with Gasteiger partial charge >= 0.3 is 0 Å². The Bertz CT molecular complexity index is 1080. The van der Waals surface area contributed by atoms with Crippen molar-refractivity contribution >= 4 is 45.6 Å². The molecule has 1 aliphatic heterocycles. The molecule has 1 amide bonds. The quantitative estimate of drug-likeness (QED) is 0.540. The van der Waals surface area contributed by atoms with Crippen LogP contribution in [0.3, 0.4) is 0 Å². The lowest BCUT2D eigenvalue weighted by Crippen LogP contribution is -2.50. The molecular weight excluding hydrogens is 438 g/mol. The molecule has 8 heteroatoms. The molecule has 0 spiro atoms. The summed E-state index contributed by atoms with van der Waals surface area (Å²) in [7, 11) is 2.06. The van der Waals surface area contributed by atoms with Crippen LogP contribution < -0.4 is 10.9 Å². The maximum absolute atomic E-state index is 14.4. The minimum absolute atomic E-state index is 0.239. The summed E-state index contributed by atoms with van der Waals surface area (Å²) in [6.07, 6.45) is 0. The summed E-state index contributed by atoms with van der Waals surface area (Å²) in [5.41, 5.74) is 7.03. The van der Waals surface area contributed by atoms with Gasteiger partial charge in [0.2, 0.25) is 0 Å². The Labute approximate surface area is 190 Å². The van der Waals surface area contributed by atoms with E-state index in [4.69, 9.17) is 23.2 Å². The SMILES string of the molecule is CN1CCN(C(C(=O)NNc2cc(Cl)cc(Cl)c2)c2ccc(F)c3ccccc23)CC1. The summed E-state index contributed by atoms with van der Waals surface area (Å²) in [4.78, 5) is 17.8. The van der Waals surface area contributed by atoms with Gasteiger partial charge < -0.3 is 4.90 Å². The largest absolute Gasteiger partial charge is 0.304 e.